The van der Waals surface area contributed by atoms with Crippen LogP contribution in [0.5, 0.6) is 5.75 Å². The van der Waals surface area contributed by atoms with E-state index in [-0.39, 0.29) is 30.0 Å². The van der Waals surface area contributed by atoms with E-state index in [2.05, 4.69) is 20.5 Å². The number of rotatable bonds is 5. The third-order valence-corrected chi connectivity index (χ3v) is 4.79. The van der Waals surface area contributed by atoms with Gasteiger partial charge in [-0.2, -0.15) is 0 Å². The van der Waals surface area contributed by atoms with Crippen LogP contribution in [0.15, 0.2) is 12.1 Å². The van der Waals surface area contributed by atoms with Crippen LogP contribution in [0.1, 0.15) is 25.8 Å². The molecular formula is C16H20N6O3S. The lowest BCUT2D eigenvalue weighted by Gasteiger charge is -2.34. The Morgan fingerprint density at radius 3 is 2.85 bits per heavy atom. The zero-order valence-corrected chi connectivity index (χ0v) is 15.5. The summed E-state index contributed by atoms with van der Waals surface area (Å²) < 4.78 is 5.75. The number of ether oxygens (including phenoxy) is 1. The van der Waals surface area contributed by atoms with Crippen LogP contribution < -0.4 is 20.7 Å². The molecular weight excluding hydrogens is 356 g/mol. The summed E-state index contributed by atoms with van der Waals surface area (Å²) >= 11 is 1.30. The molecule has 0 fully saturated rings. The molecule has 26 heavy (non-hydrogen) atoms. The smallest absolute Gasteiger partial charge is 0.270 e. The lowest BCUT2D eigenvalue weighted by Crippen LogP contribution is -2.51. The monoisotopic (exact) mass is 376 g/mol. The van der Waals surface area contributed by atoms with Gasteiger partial charge in [-0.25, -0.2) is 4.98 Å². The van der Waals surface area contributed by atoms with Crippen molar-refractivity contribution in [3.8, 4) is 5.75 Å². The maximum Gasteiger partial charge on any atom is 0.270 e. The molecule has 0 radical (unpaired) electrons. The number of amides is 2. The fourth-order valence-electron chi connectivity index (χ4n) is 2.50. The summed E-state index contributed by atoms with van der Waals surface area (Å²) in [5.74, 6) is 0.131. The number of carbonyl (C=O) groups excluding carboxylic acids is 2. The average molecular weight is 376 g/mol. The maximum atomic E-state index is 12.8. The Morgan fingerprint density at radius 2 is 2.19 bits per heavy atom. The molecule has 3 rings (SSSR count). The molecule has 10 heteroatoms. The van der Waals surface area contributed by atoms with Gasteiger partial charge in [0.2, 0.25) is 11.0 Å². The third kappa shape index (κ3) is 3.59. The van der Waals surface area contributed by atoms with Gasteiger partial charge in [-0.05, 0) is 24.5 Å². The van der Waals surface area contributed by atoms with Gasteiger partial charge in [-0.15, -0.1) is 10.2 Å². The van der Waals surface area contributed by atoms with Crippen LogP contribution >= 0.6 is 11.3 Å². The topological polar surface area (TPSA) is 123 Å². The van der Waals surface area contributed by atoms with Crippen molar-refractivity contribution < 1.29 is 14.3 Å². The van der Waals surface area contributed by atoms with Gasteiger partial charge >= 0.3 is 0 Å². The zero-order chi connectivity index (χ0) is 18.8. The van der Waals surface area contributed by atoms with E-state index in [4.69, 9.17) is 10.5 Å². The van der Waals surface area contributed by atoms with E-state index in [9.17, 15) is 9.59 Å². The predicted octanol–water partition coefficient (Wildman–Crippen LogP) is 1.47. The van der Waals surface area contributed by atoms with Crippen molar-refractivity contribution in [1.82, 2.24) is 15.2 Å². The van der Waals surface area contributed by atoms with Crippen molar-refractivity contribution in [2.45, 2.75) is 33.3 Å². The van der Waals surface area contributed by atoms with Gasteiger partial charge in [-0.3, -0.25) is 19.8 Å². The predicted molar refractivity (Wildman–Crippen MR) is 98.2 cm³/mol. The lowest BCUT2D eigenvalue weighted by atomic mass is 10.0. The maximum absolute atomic E-state index is 12.8. The second-order valence-corrected chi connectivity index (χ2v) is 7.23. The Kier molecular flexibility index (Phi) is 5.03. The van der Waals surface area contributed by atoms with Gasteiger partial charge in [0, 0.05) is 0 Å². The number of fused-ring (bicyclic) bond motifs is 1. The molecule has 0 aromatic carbocycles. The SMILES string of the molecule is CCc1nnc(NC(=O)CN2C(=O)C(C(C)C)Oc3ccc(N)nc32)s1. The van der Waals surface area contributed by atoms with Crippen LogP contribution in [-0.2, 0) is 16.0 Å². The van der Waals surface area contributed by atoms with E-state index in [1.807, 2.05) is 20.8 Å². The number of aryl methyl sites for hydroxylation is 1. The van der Waals surface area contributed by atoms with E-state index >= 15 is 0 Å². The zero-order valence-electron chi connectivity index (χ0n) is 14.7. The summed E-state index contributed by atoms with van der Waals surface area (Å²) in [6.07, 6.45) is 0.0521. The molecule has 0 saturated carbocycles. The van der Waals surface area contributed by atoms with Crippen LogP contribution in [0.2, 0.25) is 0 Å². The highest BCUT2D eigenvalue weighted by atomic mass is 32.1. The molecule has 138 valence electrons. The second-order valence-electron chi connectivity index (χ2n) is 6.17. The molecule has 0 spiro atoms. The minimum atomic E-state index is -0.686. The molecule has 3 N–H and O–H groups in total. The van der Waals surface area contributed by atoms with E-state index in [1.54, 1.807) is 12.1 Å². The quantitative estimate of drug-likeness (QED) is 0.810. The molecule has 1 aliphatic heterocycles. The van der Waals surface area contributed by atoms with Crippen molar-refractivity contribution in [2.75, 3.05) is 22.5 Å². The Labute approximate surface area is 154 Å². The van der Waals surface area contributed by atoms with Gasteiger partial charge in [0.25, 0.3) is 5.91 Å². The Bertz CT molecular complexity index is 837. The van der Waals surface area contributed by atoms with Crippen molar-refractivity contribution in [3.63, 3.8) is 0 Å². The minimum Gasteiger partial charge on any atom is -0.476 e. The van der Waals surface area contributed by atoms with Crippen LogP contribution in [0.3, 0.4) is 0 Å². The molecule has 1 aliphatic rings. The van der Waals surface area contributed by atoms with Crippen LogP contribution in [-0.4, -0.2) is 39.6 Å². The number of nitrogen functional groups attached to an aromatic ring is 1. The van der Waals surface area contributed by atoms with E-state index in [0.717, 1.165) is 11.4 Å². The third-order valence-electron chi connectivity index (χ3n) is 3.80. The molecule has 3 heterocycles. The lowest BCUT2D eigenvalue weighted by molar-refractivity contribution is -0.129. The second kappa shape index (κ2) is 7.24. The van der Waals surface area contributed by atoms with E-state index in [0.29, 0.717) is 10.9 Å². The van der Waals surface area contributed by atoms with Crippen LogP contribution in [0.4, 0.5) is 16.8 Å². The Morgan fingerprint density at radius 1 is 1.42 bits per heavy atom. The summed E-state index contributed by atoms with van der Waals surface area (Å²) in [5, 5.41) is 11.8. The fraction of sp³-hybridized carbons (Fsp3) is 0.438. The van der Waals surface area contributed by atoms with Gasteiger partial charge < -0.3 is 10.5 Å². The van der Waals surface area contributed by atoms with Crippen molar-refractivity contribution in [1.29, 1.82) is 0 Å². The minimum absolute atomic E-state index is 0.0611. The first-order chi connectivity index (χ1) is 12.4. The molecule has 2 amide bonds. The Balaban J connectivity index is 1.83. The summed E-state index contributed by atoms with van der Waals surface area (Å²) in [4.78, 5) is 30.7. The van der Waals surface area contributed by atoms with Gasteiger partial charge in [0.1, 0.15) is 17.4 Å². The van der Waals surface area contributed by atoms with Crippen LogP contribution in [0.25, 0.3) is 0 Å². The summed E-state index contributed by atoms with van der Waals surface area (Å²) in [5.41, 5.74) is 5.73. The number of anilines is 3. The van der Waals surface area contributed by atoms with Crippen LogP contribution in [0, 0.1) is 5.92 Å². The molecule has 9 nitrogen and oxygen atoms in total. The molecule has 1 unspecified atom stereocenters. The van der Waals surface area contributed by atoms with Gasteiger partial charge in [0.05, 0.1) is 0 Å². The summed E-state index contributed by atoms with van der Waals surface area (Å²) in [6.45, 7) is 5.50. The standard InChI is InChI=1S/C16H20N6O3S/c1-4-12-20-21-16(26-12)19-11(23)7-22-14-9(5-6-10(17)18-14)25-13(8(2)3)15(22)24/h5-6,8,13H,4,7H2,1-3H3,(H2,17,18)(H,19,21,23). The first-order valence-electron chi connectivity index (χ1n) is 8.25. The summed E-state index contributed by atoms with van der Waals surface area (Å²) in [7, 11) is 0. The van der Waals surface area contributed by atoms with Crippen molar-refractivity contribution in [2.24, 2.45) is 5.92 Å². The number of nitrogens with one attached hydrogen (secondary N) is 1. The number of carbonyl (C=O) groups is 2. The van der Waals surface area contributed by atoms with E-state index < -0.39 is 12.0 Å². The number of aromatic nitrogens is 3. The largest absolute Gasteiger partial charge is 0.476 e. The first-order valence-corrected chi connectivity index (χ1v) is 9.07. The normalized spacial score (nSPS) is 16.4. The fourth-order valence-corrected chi connectivity index (χ4v) is 3.20. The average Bonchev–Trinajstić information content (AvgIpc) is 3.04. The Hall–Kier alpha value is -2.75. The van der Waals surface area contributed by atoms with Gasteiger partial charge in [-0.1, -0.05) is 32.1 Å². The number of nitrogens with two attached hydrogens (primary N) is 1. The highest BCUT2D eigenvalue weighted by molar-refractivity contribution is 7.15. The molecule has 0 saturated heterocycles. The molecule has 1 atom stereocenters. The molecule has 2 aromatic heterocycles. The number of nitrogens with zero attached hydrogens (tertiary/aromatic N) is 4. The molecule has 0 bridgehead atoms. The molecule has 0 aliphatic carbocycles. The number of pyridine rings is 1. The number of hydrogen-bond donors (Lipinski definition) is 2. The van der Waals surface area contributed by atoms with E-state index in [1.165, 1.54) is 16.2 Å². The van der Waals surface area contributed by atoms with Crippen molar-refractivity contribution in [3.05, 3.63) is 17.1 Å². The molecule has 2 aromatic rings. The number of hydrogen-bond acceptors (Lipinski definition) is 8. The highest BCUT2D eigenvalue weighted by Crippen LogP contribution is 2.34. The summed E-state index contributed by atoms with van der Waals surface area (Å²) in [6, 6.07) is 3.25. The highest BCUT2D eigenvalue weighted by Gasteiger charge is 2.38. The van der Waals surface area contributed by atoms with Gasteiger partial charge in [0.15, 0.2) is 17.7 Å². The van der Waals surface area contributed by atoms with Crippen molar-refractivity contribution >= 4 is 39.9 Å². The first kappa shape index (κ1) is 18.1.